The van der Waals surface area contributed by atoms with Crippen molar-refractivity contribution in [2.75, 3.05) is 26.1 Å². The normalized spacial score (nSPS) is 11.1. The van der Waals surface area contributed by atoms with Crippen LogP contribution in [0.3, 0.4) is 0 Å². The van der Waals surface area contributed by atoms with Crippen LogP contribution in [0.4, 0.5) is 5.69 Å². The molecule has 0 spiro atoms. The van der Waals surface area contributed by atoms with Gasteiger partial charge >= 0.3 is 5.97 Å². The van der Waals surface area contributed by atoms with Gasteiger partial charge in [-0.2, -0.15) is 5.10 Å². The van der Waals surface area contributed by atoms with Crippen LogP contribution < -0.4 is 14.8 Å². The van der Waals surface area contributed by atoms with Gasteiger partial charge in [0.25, 0.3) is 5.91 Å². The minimum absolute atomic E-state index is 0.127. The molecule has 3 rings (SSSR count). The predicted molar refractivity (Wildman–Crippen MR) is 117 cm³/mol. The number of aromatic nitrogens is 2. The largest absolute Gasteiger partial charge is 0.495 e. The molecular weight excluding hydrogens is 436 g/mol. The molecule has 1 aromatic heterocycles. The third kappa shape index (κ3) is 4.95. The summed E-state index contributed by atoms with van der Waals surface area (Å²) in [5.74, 6) is -0.868. The van der Waals surface area contributed by atoms with Crippen LogP contribution in [0.5, 0.6) is 5.75 Å². The lowest BCUT2D eigenvalue weighted by Gasteiger charge is -2.11. The Bertz CT molecular complexity index is 1240. The number of amides is 1. The summed E-state index contributed by atoms with van der Waals surface area (Å²) in [5, 5.41) is 6.89. The molecule has 0 atom stereocenters. The van der Waals surface area contributed by atoms with Gasteiger partial charge in [-0.05, 0) is 62.5 Å². The molecule has 10 nitrogen and oxygen atoms in total. The summed E-state index contributed by atoms with van der Waals surface area (Å²) in [4.78, 5) is 24.3. The Labute approximate surface area is 185 Å². The Kier molecular flexibility index (Phi) is 6.91. The first kappa shape index (κ1) is 23.0. The molecule has 168 valence electrons. The molecule has 1 amide bonds. The minimum Gasteiger partial charge on any atom is -0.495 e. The summed E-state index contributed by atoms with van der Waals surface area (Å²) in [7, 11) is -1.19. The second-order valence-corrected chi connectivity index (χ2v) is 8.30. The van der Waals surface area contributed by atoms with Gasteiger partial charge < -0.3 is 14.8 Å². The van der Waals surface area contributed by atoms with Crippen LogP contribution in [0.25, 0.3) is 5.69 Å². The molecule has 11 heteroatoms. The number of carbonyl (C=O) groups excluding carboxylic acids is 2. The van der Waals surface area contributed by atoms with Crippen molar-refractivity contribution >= 4 is 27.6 Å². The number of anilines is 1. The van der Waals surface area contributed by atoms with E-state index in [4.69, 9.17) is 9.47 Å². The second-order valence-electron chi connectivity index (χ2n) is 6.44. The standard InChI is InChI=1S/C21H22N4O6S/c1-4-31-21(27)17-11-12-25(24-17)16-8-6-15(7-9-16)23-20(26)14-5-10-18(30-3)19(13-14)32(28,29)22-2/h5-13,22H,4H2,1-3H3,(H,23,26). The number of sulfonamides is 1. The third-order valence-electron chi connectivity index (χ3n) is 4.45. The number of benzene rings is 2. The highest BCUT2D eigenvalue weighted by molar-refractivity contribution is 7.89. The number of nitrogens with zero attached hydrogens (tertiary/aromatic N) is 2. The van der Waals surface area contributed by atoms with E-state index in [1.807, 2.05) is 0 Å². The van der Waals surface area contributed by atoms with Crippen LogP contribution in [-0.4, -0.2) is 50.8 Å². The zero-order valence-corrected chi connectivity index (χ0v) is 18.5. The lowest BCUT2D eigenvalue weighted by atomic mass is 10.2. The molecule has 0 fully saturated rings. The fraction of sp³-hybridized carbons (Fsp3) is 0.190. The molecule has 0 bridgehead atoms. The molecule has 0 aliphatic heterocycles. The molecular formula is C21H22N4O6S. The maximum atomic E-state index is 12.6. The van der Waals surface area contributed by atoms with Gasteiger partial charge in [0.15, 0.2) is 5.69 Å². The van der Waals surface area contributed by atoms with Gasteiger partial charge in [0, 0.05) is 17.4 Å². The fourth-order valence-electron chi connectivity index (χ4n) is 2.82. The molecule has 0 saturated carbocycles. The number of hydrogen-bond donors (Lipinski definition) is 2. The van der Waals surface area contributed by atoms with Gasteiger partial charge in [-0.3, -0.25) is 4.79 Å². The number of esters is 1. The van der Waals surface area contributed by atoms with Crippen LogP contribution in [0, 0.1) is 0 Å². The van der Waals surface area contributed by atoms with Gasteiger partial charge in [0.05, 0.1) is 19.4 Å². The Hall–Kier alpha value is -3.70. The number of ether oxygens (including phenoxy) is 2. The first-order valence-electron chi connectivity index (χ1n) is 9.55. The molecule has 0 radical (unpaired) electrons. The average molecular weight is 458 g/mol. The Morgan fingerprint density at radius 1 is 1.09 bits per heavy atom. The van der Waals surface area contributed by atoms with Crippen molar-refractivity contribution in [3.63, 3.8) is 0 Å². The smallest absolute Gasteiger partial charge is 0.358 e. The summed E-state index contributed by atoms with van der Waals surface area (Å²) in [5.41, 5.74) is 1.50. The van der Waals surface area contributed by atoms with Crippen molar-refractivity contribution in [3.05, 3.63) is 66.0 Å². The van der Waals surface area contributed by atoms with Crippen molar-refractivity contribution < 1.29 is 27.5 Å². The zero-order chi connectivity index (χ0) is 23.3. The molecule has 0 aliphatic carbocycles. The predicted octanol–water partition coefficient (Wildman–Crippen LogP) is 2.22. The first-order chi connectivity index (χ1) is 15.3. The second kappa shape index (κ2) is 9.62. The Morgan fingerprint density at radius 2 is 1.81 bits per heavy atom. The van der Waals surface area contributed by atoms with Gasteiger partial charge in [-0.1, -0.05) is 0 Å². The van der Waals surface area contributed by atoms with Crippen LogP contribution >= 0.6 is 0 Å². The highest BCUT2D eigenvalue weighted by atomic mass is 32.2. The fourth-order valence-corrected chi connectivity index (χ4v) is 3.74. The van der Waals surface area contributed by atoms with E-state index in [-0.39, 0.29) is 28.5 Å². The molecule has 32 heavy (non-hydrogen) atoms. The Balaban J connectivity index is 1.77. The number of methoxy groups -OCH3 is 1. The van der Waals surface area contributed by atoms with E-state index in [1.54, 1.807) is 43.5 Å². The Morgan fingerprint density at radius 3 is 2.44 bits per heavy atom. The summed E-state index contributed by atoms with van der Waals surface area (Å²) in [6, 6.07) is 12.4. The van der Waals surface area contributed by atoms with Crippen molar-refractivity contribution in [1.82, 2.24) is 14.5 Å². The maximum absolute atomic E-state index is 12.6. The highest BCUT2D eigenvalue weighted by Gasteiger charge is 2.20. The van der Waals surface area contributed by atoms with E-state index in [9.17, 15) is 18.0 Å². The molecule has 2 N–H and O–H groups in total. The maximum Gasteiger partial charge on any atom is 0.358 e. The van der Waals surface area contributed by atoms with Gasteiger partial charge in [-0.15, -0.1) is 0 Å². The van der Waals surface area contributed by atoms with Crippen LogP contribution in [0.15, 0.2) is 59.6 Å². The SMILES string of the molecule is CCOC(=O)c1ccn(-c2ccc(NC(=O)c3ccc(OC)c(S(=O)(=O)NC)c3)cc2)n1. The van der Waals surface area contributed by atoms with Crippen molar-refractivity contribution in [2.24, 2.45) is 0 Å². The number of rotatable bonds is 8. The lowest BCUT2D eigenvalue weighted by Crippen LogP contribution is -2.20. The molecule has 3 aromatic rings. The van der Waals surface area contributed by atoms with E-state index >= 15 is 0 Å². The van der Waals surface area contributed by atoms with Crippen LogP contribution in [-0.2, 0) is 14.8 Å². The number of hydrogen-bond acceptors (Lipinski definition) is 7. The number of nitrogens with one attached hydrogen (secondary N) is 2. The number of carbonyl (C=O) groups is 2. The summed E-state index contributed by atoms with van der Waals surface area (Å²) < 4.78 is 38.1. The summed E-state index contributed by atoms with van der Waals surface area (Å²) >= 11 is 0. The van der Waals surface area contributed by atoms with Crippen molar-refractivity contribution in [2.45, 2.75) is 11.8 Å². The average Bonchev–Trinajstić information content (AvgIpc) is 3.29. The monoisotopic (exact) mass is 458 g/mol. The van der Waals surface area contributed by atoms with Gasteiger partial charge in [0.1, 0.15) is 10.6 Å². The van der Waals surface area contributed by atoms with Crippen molar-refractivity contribution in [1.29, 1.82) is 0 Å². The molecule has 1 heterocycles. The van der Waals surface area contributed by atoms with Crippen LogP contribution in [0.2, 0.25) is 0 Å². The topological polar surface area (TPSA) is 129 Å². The summed E-state index contributed by atoms with van der Waals surface area (Å²) in [6.07, 6.45) is 1.63. The highest BCUT2D eigenvalue weighted by Crippen LogP contribution is 2.25. The van der Waals surface area contributed by atoms with E-state index in [1.165, 1.54) is 37.0 Å². The quantitative estimate of drug-likeness (QED) is 0.495. The third-order valence-corrected chi connectivity index (χ3v) is 5.88. The van der Waals surface area contributed by atoms with Gasteiger partial charge in [-0.25, -0.2) is 22.6 Å². The molecule has 2 aromatic carbocycles. The van der Waals surface area contributed by atoms with Crippen LogP contribution in [0.1, 0.15) is 27.8 Å². The molecule has 0 aliphatic rings. The lowest BCUT2D eigenvalue weighted by molar-refractivity contribution is 0.0518. The summed E-state index contributed by atoms with van der Waals surface area (Å²) in [6.45, 7) is 1.98. The van der Waals surface area contributed by atoms with E-state index in [0.29, 0.717) is 11.4 Å². The molecule has 0 unspecified atom stereocenters. The molecule has 0 saturated heterocycles. The van der Waals surface area contributed by atoms with Gasteiger partial charge in [0.2, 0.25) is 10.0 Å². The van der Waals surface area contributed by atoms with E-state index in [0.717, 1.165) is 0 Å². The van der Waals surface area contributed by atoms with Crippen molar-refractivity contribution in [3.8, 4) is 11.4 Å². The van der Waals surface area contributed by atoms with E-state index in [2.05, 4.69) is 15.1 Å². The van der Waals surface area contributed by atoms with E-state index < -0.39 is 21.9 Å². The zero-order valence-electron chi connectivity index (χ0n) is 17.7. The minimum atomic E-state index is -3.81. The first-order valence-corrected chi connectivity index (χ1v) is 11.0.